The van der Waals surface area contributed by atoms with Crippen LogP contribution in [0.3, 0.4) is 0 Å². The molecule has 1 saturated heterocycles. The standard InChI is InChI=1S/C20H21ClN2O5/c1-13-11-14(12-15(19(24)28-2)18(13)23(26)27)22-9-7-20(25,8-10-22)16-5-3-4-6-17(16)21/h3-6,11-12,25H,7-10H2,1-2H3. The van der Waals surface area contributed by atoms with E-state index in [9.17, 15) is 20.0 Å². The van der Waals surface area contributed by atoms with Crippen molar-refractivity contribution in [1.29, 1.82) is 0 Å². The number of aryl methyl sites for hydroxylation is 1. The topological polar surface area (TPSA) is 92.9 Å². The average molecular weight is 405 g/mol. The van der Waals surface area contributed by atoms with E-state index in [0.717, 1.165) is 0 Å². The van der Waals surface area contributed by atoms with Crippen LogP contribution in [0.25, 0.3) is 0 Å². The molecule has 0 aliphatic carbocycles. The quantitative estimate of drug-likeness (QED) is 0.473. The van der Waals surface area contributed by atoms with E-state index in [4.69, 9.17) is 16.3 Å². The number of nitro benzene ring substituents is 1. The SMILES string of the molecule is COC(=O)c1cc(N2CCC(O)(c3ccccc3Cl)CC2)cc(C)c1[N+](=O)[O-]. The highest BCUT2D eigenvalue weighted by molar-refractivity contribution is 6.31. The minimum Gasteiger partial charge on any atom is -0.465 e. The summed E-state index contributed by atoms with van der Waals surface area (Å²) in [6, 6.07) is 10.4. The molecule has 0 radical (unpaired) electrons. The van der Waals surface area contributed by atoms with Crippen LogP contribution >= 0.6 is 11.6 Å². The normalized spacial score (nSPS) is 15.9. The predicted octanol–water partition coefficient (Wildman–Crippen LogP) is 3.83. The minimum absolute atomic E-state index is 0.0746. The summed E-state index contributed by atoms with van der Waals surface area (Å²) in [4.78, 5) is 24.8. The van der Waals surface area contributed by atoms with Crippen LogP contribution < -0.4 is 4.90 Å². The monoisotopic (exact) mass is 404 g/mol. The first-order valence-corrected chi connectivity index (χ1v) is 9.24. The third-order valence-corrected chi connectivity index (χ3v) is 5.53. The van der Waals surface area contributed by atoms with Gasteiger partial charge in [-0.05, 0) is 38.0 Å². The number of carbonyl (C=O) groups is 1. The second-order valence-electron chi connectivity index (χ2n) is 6.91. The molecule has 1 aliphatic rings. The molecule has 0 spiro atoms. The number of halogens is 1. The summed E-state index contributed by atoms with van der Waals surface area (Å²) < 4.78 is 4.71. The predicted molar refractivity (Wildman–Crippen MR) is 106 cm³/mol. The summed E-state index contributed by atoms with van der Waals surface area (Å²) in [5.74, 6) is -0.749. The Hall–Kier alpha value is -2.64. The van der Waals surface area contributed by atoms with Crippen LogP contribution in [0.5, 0.6) is 0 Å². The van der Waals surface area contributed by atoms with Gasteiger partial charge in [-0.1, -0.05) is 29.8 Å². The van der Waals surface area contributed by atoms with Gasteiger partial charge in [-0.2, -0.15) is 0 Å². The van der Waals surface area contributed by atoms with Crippen molar-refractivity contribution in [3.63, 3.8) is 0 Å². The second-order valence-corrected chi connectivity index (χ2v) is 7.31. The number of nitrogens with zero attached hydrogens (tertiary/aromatic N) is 2. The van der Waals surface area contributed by atoms with Crippen molar-refractivity contribution in [2.24, 2.45) is 0 Å². The van der Waals surface area contributed by atoms with E-state index < -0.39 is 16.5 Å². The minimum atomic E-state index is -1.03. The Morgan fingerprint density at radius 1 is 1.29 bits per heavy atom. The molecule has 28 heavy (non-hydrogen) atoms. The molecule has 7 nitrogen and oxygen atoms in total. The maximum absolute atomic E-state index is 12.1. The Morgan fingerprint density at radius 2 is 1.93 bits per heavy atom. The van der Waals surface area contributed by atoms with Gasteiger partial charge in [0.25, 0.3) is 5.69 Å². The summed E-state index contributed by atoms with van der Waals surface area (Å²) in [7, 11) is 1.19. The van der Waals surface area contributed by atoms with Crippen LogP contribution in [-0.4, -0.2) is 36.2 Å². The van der Waals surface area contributed by atoms with Crippen molar-refractivity contribution >= 4 is 28.9 Å². The number of aliphatic hydroxyl groups is 1. The molecule has 0 aromatic heterocycles. The molecule has 2 aromatic carbocycles. The lowest BCUT2D eigenvalue weighted by molar-refractivity contribution is -0.385. The summed E-state index contributed by atoms with van der Waals surface area (Å²) >= 11 is 6.25. The molecule has 3 rings (SSSR count). The number of piperidine rings is 1. The number of esters is 1. The zero-order valence-corrected chi connectivity index (χ0v) is 16.4. The first-order chi connectivity index (χ1) is 13.3. The summed E-state index contributed by atoms with van der Waals surface area (Å²) in [5, 5.41) is 23.0. The van der Waals surface area contributed by atoms with Crippen molar-refractivity contribution in [1.82, 2.24) is 0 Å². The zero-order valence-electron chi connectivity index (χ0n) is 15.6. The Labute approximate surface area is 167 Å². The van der Waals surface area contributed by atoms with Crippen molar-refractivity contribution < 1.29 is 19.6 Å². The third kappa shape index (κ3) is 3.68. The first-order valence-electron chi connectivity index (χ1n) is 8.86. The van der Waals surface area contributed by atoms with Gasteiger partial charge in [0.2, 0.25) is 0 Å². The smallest absolute Gasteiger partial charge is 0.344 e. The van der Waals surface area contributed by atoms with Crippen LogP contribution in [-0.2, 0) is 10.3 Å². The van der Waals surface area contributed by atoms with E-state index in [1.807, 2.05) is 23.1 Å². The van der Waals surface area contributed by atoms with E-state index in [1.54, 1.807) is 19.1 Å². The first kappa shape index (κ1) is 20.1. The van der Waals surface area contributed by atoms with Crippen molar-refractivity contribution in [3.05, 3.63) is 68.2 Å². The molecule has 1 N–H and O–H groups in total. The van der Waals surface area contributed by atoms with Crippen molar-refractivity contribution in [3.8, 4) is 0 Å². The molecular weight excluding hydrogens is 384 g/mol. The number of nitro groups is 1. The Bertz CT molecular complexity index is 923. The number of benzene rings is 2. The fraction of sp³-hybridized carbons (Fsp3) is 0.350. The van der Waals surface area contributed by atoms with Gasteiger partial charge in [-0.3, -0.25) is 10.1 Å². The number of hydrogen-bond donors (Lipinski definition) is 1. The maximum atomic E-state index is 12.1. The fourth-order valence-electron chi connectivity index (χ4n) is 3.69. The highest BCUT2D eigenvalue weighted by Gasteiger charge is 2.36. The maximum Gasteiger partial charge on any atom is 0.344 e. The number of rotatable bonds is 4. The Morgan fingerprint density at radius 3 is 2.50 bits per heavy atom. The highest BCUT2D eigenvalue weighted by Crippen LogP contribution is 2.39. The van der Waals surface area contributed by atoms with Crippen LogP contribution in [0, 0.1) is 17.0 Å². The molecule has 0 saturated carbocycles. The summed E-state index contributed by atoms with van der Waals surface area (Å²) in [6.07, 6.45) is 0.890. The van der Waals surface area contributed by atoms with E-state index >= 15 is 0 Å². The molecule has 1 heterocycles. The van der Waals surface area contributed by atoms with Crippen LogP contribution in [0.15, 0.2) is 36.4 Å². The van der Waals surface area contributed by atoms with Crippen LogP contribution in [0.2, 0.25) is 5.02 Å². The molecule has 8 heteroatoms. The number of methoxy groups -OCH3 is 1. The van der Waals surface area contributed by atoms with Gasteiger partial charge in [0.1, 0.15) is 5.56 Å². The largest absolute Gasteiger partial charge is 0.465 e. The van der Waals surface area contributed by atoms with Crippen molar-refractivity contribution in [2.45, 2.75) is 25.4 Å². The van der Waals surface area contributed by atoms with E-state index in [1.165, 1.54) is 13.2 Å². The molecular formula is C20H21ClN2O5. The highest BCUT2D eigenvalue weighted by atomic mass is 35.5. The van der Waals surface area contributed by atoms with E-state index in [2.05, 4.69) is 0 Å². The number of hydrogen-bond acceptors (Lipinski definition) is 6. The van der Waals surface area contributed by atoms with Crippen molar-refractivity contribution in [2.75, 3.05) is 25.1 Å². The molecule has 1 fully saturated rings. The Kier molecular flexibility index (Phi) is 5.58. The number of carbonyl (C=O) groups excluding carboxylic acids is 1. The fourth-order valence-corrected chi connectivity index (χ4v) is 4.01. The third-order valence-electron chi connectivity index (χ3n) is 5.20. The van der Waals surface area contributed by atoms with Gasteiger partial charge in [0.05, 0.1) is 17.6 Å². The van der Waals surface area contributed by atoms with Crippen LogP contribution in [0.4, 0.5) is 11.4 Å². The lowest BCUT2D eigenvalue weighted by Gasteiger charge is -2.40. The van der Waals surface area contributed by atoms with E-state index in [0.29, 0.717) is 47.8 Å². The molecule has 0 bridgehead atoms. The average Bonchev–Trinajstić information content (AvgIpc) is 2.67. The molecule has 0 unspecified atom stereocenters. The van der Waals surface area contributed by atoms with Gasteiger partial charge < -0.3 is 14.7 Å². The Balaban J connectivity index is 1.88. The molecule has 0 atom stereocenters. The van der Waals surface area contributed by atoms with Crippen LogP contribution in [0.1, 0.15) is 34.3 Å². The lowest BCUT2D eigenvalue weighted by Crippen LogP contribution is -2.43. The van der Waals surface area contributed by atoms with Gasteiger partial charge in [-0.25, -0.2) is 4.79 Å². The lowest BCUT2D eigenvalue weighted by atomic mass is 9.84. The summed E-state index contributed by atoms with van der Waals surface area (Å²) in [6.45, 7) is 2.62. The molecule has 2 aromatic rings. The molecule has 1 aliphatic heterocycles. The number of anilines is 1. The molecule has 148 valence electrons. The molecule has 0 amide bonds. The van der Waals surface area contributed by atoms with Gasteiger partial charge in [0, 0.05) is 34.9 Å². The van der Waals surface area contributed by atoms with Gasteiger partial charge in [0.15, 0.2) is 0 Å². The number of ether oxygens (including phenoxy) is 1. The van der Waals surface area contributed by atoms with Gasteiger partial charge in [-0.15, -0.1) is 0 Å². The van der Waals surface area contributed by atoms with E-state index in [-0.39, 0.29) is 11.3 Å². The summed E-state index contributed by atoms with van der Waals surface area (Å²) in [5.41, 5.74) is 0.413. The second kappa shape index (κ2) is 7.77. The van der Waals surface area contributed by atoms with Gasteiger partial charge >= 0.3 is 5.97 Å². The zero-order chi connectivity index (χ0) is 20.5.